The van der Waals surface area contributed by atoms with Gasteiger partial charge in [0.15, 0.2) is 0 Å². The zero-order chi connectivity index (χ0) is 22.6. The summed E-state index contributed by atoms with van der Waals surface area (Å²) in [5.41, 5.74) is -0.0313. The van der Waals surface area contributed by atoms with Crippen LogP contribution in [0.2, 0.25) is 5.32 Å². The van der Waals surface area contributed by atoms with Crippen LogP contribution in [0.3, 0.4) is 0 Å². The summed E-state index contributed by atoms with van der Waals surface area (Å²) in [4.78, 5) is 25.3. The summed E-state index contributed by atoms with van der Waals surface area (Å²) in [7, 11) is -3.51. The minimum absolute atomic E-state index is 0.0199. The third kappa shape index (κ3) is 5.54. The molecule has 2 unspecified atom stereocenters. The van der Waals surface area contributed by atoms with Crippen LogP contribution in [0.15, 0.2) is 59.5 Å². The molecule has 2 atom stereocenters. The first-order valence-electron chi connectivity index (χ1n) is 10.6. The Kier molecular flexibility index (Phi) is 7.56. The third-order valence-corrected chi connectivity index (χ3v) is 11.0. The second kappa shape index (κ2) is 9.81. The van der Waals surface area contributed by atoms with E-state index in [0.717, 1.165) is 10.9 Å². The van der Waals surface area contributed by atoms with E-state index < -0.39 is 15.3 Å². The third-order valence-electron chi connectivity index (χ3n) is 6.59. The summed E-state index contributed by atoms with van der Waals surface area (Å²) in [5.74, 6) is -0.311. The maximum absolute atomic E-state index is 13.2. The Morgan fingerprint density at radius 2 is 1.58 bits per heavy atom. The van der Waals surface area contributed by atoms with Crippen LogP contribution in [-0.2, 0) is 19.4 Å². The van der Waals surface area contributed by atoms with E-state index in [-0.39, 0.29) is 44.1 Å². The molecule has 0 aliphatic heterocycles. The van der Waals surface area contributed by atoms with Crippen molar-refractivity contribution >= 4 is 40.8 Å². The fourth-order valence-corrected chi connectivity index (χ4v) is 8.73. The minimum atomic E-state index is -3.51. The number of benzene rings is 2. The number of sulfone groups is 1. The number of aryl methyl sites for hydroxylation is 1. The maximum atomic E-state index is 13.2. The van der Waals surface area contributed by atoms with E-state index in [4.69, 9.17) is 0 Å². The van der Waals surface area contributed by atoms with Crippen LogP contribution in [0.4, 0.5) is 0 Å². The van der Waals surface area contributed by atoms with E-state index in [0.29, 0.717) is 24.2 Å². The molecule has 0 spiro atoms. The molecule has 1 saturated carbocycles. The molecule has 4 nitrogen and oxygen atoms in total. The van der Waals surface area contributed by atoms with Crippen LogP contribution < -0.4 is 4.46 Å². The van der Waals surface area contributed by atoms with Gasteiger partial charge in [-0.25, -0.2) is 0 Å². The van der Waals surface area contributed by atoms with Gasteiger partial charge in [-0.15, -0.1) is 0 Å². The molecule has 0 N–H and O–H groups in total. The molecule has 2 aromatic carbocycles. The zero-order valence-corrected chi connectivity index (χ0v) is 20.9. The molecule has 0 bridgehead atoms. The quantitative estimate of drug-likeness (QED) is 0.404. The van der Waals surface area contributed by atoms with Crippen molar-refractivity contribution in [3.8, 4) is 0 Å². The molecule has 0 heterocycles. The Bertz CT molecular complexity index is 1010. The fraction of sp³-hybridized carbons (Fsp3) is 0.440. The van der Waals surface area contributed by atoms with Crippen molar-refractivity contribution in [3.05, 3.63) is 60.2 Å². The summed E-state index contributed by atoms with van der Waals surface area (Å²) in [6, 6.07) is 17.2. The molecule has 2 aromatic rings. The summed E-state index contributed by atoms with van der Waals surface area (Å²) in [6.07, 6.45) is 1.56. The molecular formula is C25H30O4SSe. The van der Waals surface area contributed by atoms with Gasteiger partial charge in [-0.2, -0.15) is 0 Å². The first-order valence-corrected chi connectivity index (χ1v) is 14.4. The Morgan fingerprint density at radius 1 is 0.968 bits per heavy atom. The molecule has 0 aromatic heterocycles. The predicted octanol–water partition coefficient (Wildman–Crippen LogP) is 3.80. The normalized spacial score (nSPS) is 20.9. The molecule has 0 radical (unpaired) electrons. The van der Waals surface area contributed by atoms with E-state index in [1.165, 1.54) is 18.3 Å². The molecule has 3 rings (SSSR count). The molecule has 1 aliphatic carbocycles. The van der Waals surface area contributed by atoms with Gasteiger partial charge in [0.25, 0.3) is 0 Å². The molecule has 1 fully saturated rings. The van der Waals surface area contributed by atoms with E-state index in [1.807, 2.05) is 25.1 Å². The Labute approximate surface area is 191 Å². The second-order valence-electron chi connectivity index (χ2n) is 8.68. The van der Waals surface area contributed by atoms with Crippen LogP contribution in [0.25, 0.3) is 0 Å². The van der Waals surface area contributed by atoms with Crippen molar-refractivity contribution in [1.82, 2.24) is 0 Å². The average Bonchev–Trinajstić information content (AvgIpc) is 2.73. The standard InChI is InChI=1S/C25H30O4SSe/c1-18-9-11-23(12-10-18)30(28,29)16-22-15-25(19(2)26,20(3)27)14-13-21(22)17-31-24-7-5-4-6-8-24/h4-12,21-22H,13-17H2,1-3H3. The number of carbonyl (C=O) groups excluding carboxylic acids is 2. The number of Topliss-reactive ketones (excluding diaryl/α,β-unsaturated/α-hetero) is 2. The van der Waals surface area contributed by atoms with Gasteiger partial charge in [-0.3, -0.25) is 0 Å². The van der Waals surface area contributed by atoms with Crippen molar-refractivity contribution in [2.24, 2.45) is 17.3 Å². The number of carbonyl (C=O) groups is 2. The molecule has 0 saturated heterocycles. The van der Waals surface area contributed by atoms with E-state index in [2.05, 4.69) is 12.1 Å². The molecule has 1 aliphatic rings. The Hall–Kier alpha value is -1.75. The van der Waals surface area contributed by atoms with Gasteiger partial charge in [-0.1, -0.05) is 0 Å². The SMILES string of the molecule is CC(=O)C1(C(C)=O)CCC(C[Se]c2ccccc2)C(CS(=O)(=O)c2ccc(C)cc2)C1. The Balaban J connectivity index is 1.86. The van der Waals surface area contributed by atoms with Gasteiger partial charge in [-0.05, 0) is 0 Å². The van der Waals surface area contributed by atoms with Crippen molar-refractivity contribution in [3.63, 3.8) is 0 Å². The van der Waals surface area contributed by atoms with Crippen LogP contribution in [0.5, 0.6) is 0 Å². The molecule has 6 heteroatoms. The topological polar surface area (TPSA) is 68.3 Å². The molecular weight excluding hydrogens is 475 g/mol. The summed E-state index contributed by atoms with van der Waals surface area (Å²) < 4.78 is 27.7. The van der Waals surface area contributed by atoms with Gasteiger partial charge >= 0.3 is 192 Å². The molecule has 0 amide bonds. The van der Waals surface area contributed by atoms with E-state index in [1.54, 1.807) is 24.3 Å². The molecule has 31 heavy (non-hydrogen) atoms. The fourth-order valence-electron chi connectivity index (χ4n) is 4.53. The predicted molar refractivity (Wildman–Crippen MR) is 124 cm³/mol. The van der Waals surface area contributed by atoms with Crippen LogP contribution >= 0.6 is 0 Å². The van der Waals surface area contributed by atoms with E-state index >= 15 is 0 Å². The van der Waals surface area contributed by atoms with Crippen molar-refractivity contribution < 1.29 is 18.0 Å². The van der Waals surface area contributed by atoms with Crippen molar-refractivity contribution in [2.75, 3.05) is 5.75 Å². The van der Waals surface area contributed by atoms with Gasteiger partial charge in [0.2, 0.25) is 0 Å². The first kappa shape index (κ1) is 23.9. The first-order chi connectivity index (χ1) is 14.6. The molecule has 166 valence electrons. The summed E-state index contributed by atoms with van der Waals surface area (Å²) >= 11 is 0.226. The number of ketones is 2. The van der Waals surface area contributed by atoms with Crippen LogP contribution in [0, 0.1) is 24.2 Å². The Morgan fingerprint density at radius 3 is 2.16 bits per heavy atom. The second-order valence-corrected chi connectivity index (χ2v) is 13.0. The summed E-state index contributed by atoms with van der Waals surface area (Å²) in [6.45, 7) is 4.87. The zero-order valence-electron chi connectivity index (χ0n) is 18.3. The summed E-state index contributed by atoms with van der Waals surface area (Å²) in [5, 5.41) is 0.914. The average molecular weight is 506 g/mol. The number of hydrogen-bond donors (Lipinski definition) is 0. The van der Waals surface area contributed by atoms with Crippen LogP contribution in [0.1, 0.15) is 38.7 Å². The van der Waals surface area contributed by atoms with E-state index in [9.17, 15) is 18.0 Å². The van der Waals surface area contributed by atoms with Crippen molar-refractivity contribution in [2.45, 2.75) is 50.2 Å². The van der Waals surface area contributed by atoms with Gasteiger partial charge in [0.05, 0.1) is 0 Å². The van der Waals surface area contributed by atoms with Gasteiger partial charge in [0, 0.05) is 0 Å². The van der Waals surface area contributed by atoms with Gasteiger partial charge in [0.1, 0.15) is 0 Å². The monoisotopic (exact) mass is 506 g/mol. The number of hydrogen-bond acceptors (Lipinski definition) is 4. The van der Waals surface area contributed by atoms with Crippen LogP contribution in [-0.4, -0.2) is 40.7 Å². The van der Waals surface area contributed by atoms with Gasteiger partial charge < -0.3 is 0 Å². The van der Waals surface area contributed by atoms with Crippen molar-refractivity contribution in [1.29, 1.82) is 0 Å². The number of rotatable bonds is 8.